The first kappa shape index (κ1) is 12.3. The van der Waals surface area contributed by atoms with E-state index in [1.165, 1.54) is 23.9 Å². The first-order valence-electron chi connectivity index (χ1n) is 7.26. The van der Waals surface area contributed by atoms with Crippen molar-refractivity contribution < 1.29 is 0 Å². The van der Waals surface area contributed by atoms with E-state index in [2.05, 4.69) is 23.0 Å². The Hall–Kier alpha value is -2.42. The number of hydrogen-bond acceptors (Lipinski definition) is 3. The van der Waals surface area contributed by atoms with Gasteiger partial charge < -0.3 is 5.73 Å². The third kappa shape index (κ3) is 1.97. The molecule has 0 atom stereocenters. The van der Waals surface area contributed by atoms with Gasteiger partial charge in [-0.15, -0.1) is 0 Å². The van der Waals surface area contributed by atoms with Crippen molar-refractivity contribution in [2.24, 2.45) is 0 Å². The normalized spacial score (nSPS) is 16.0. The largest absolute Gasteiger partial charge is 0.398 e. The minimum Gasteiger partial charge on any atom is -0.398 e. The molecule has 0 unspecified atom stereocenters. The lowest BCUT2D eigenvalue weighted by Gasteiger charge is -2.14. The first-order valence-corrected chi connectivity index (χ1v) is 7.26. The van der Waals surface area contributed by atoms with E-state index >= 15 is 0 Å². The van der Waals surface area contributed by atoms with Crippen molar-refractivity contribution in [3.05, 3.63) is 54.6 Å². The van der Waals surface area contributed by atoms with Crippen molar-refractivity contribution in [2.45, 2.75) is 25.2 Å². The number of fused-ring (bicyclic) bond motifs is 1. The van der Waals surface area contributed by atoms with Crippen molar-refractivity contribution in [3.8, 4) is 11.1 Å². The second-order valence-corrected chi connectivity index (χ2v) is 6.12. The summed E-state index contributed by atoms with van der Waals surface area (Å²) in [6.07, 6.45) is 7.91. The fraction of sp³-hybridized carbons (Fsp3) is 0.222. The van der Waals surface area contributed by atoms with Crippen LogP contribution in [0.5, 0.6) is 0 Å². The molecule has 2 aromatic heterocycles. The van der Waals surface area contributed by atoms with Crippen molar-refractivity contribution in [1.82, 2.24) is 9.97 Å². The zero-order chi connectivity index (χ0) is 14.4. The molecule has 0 saturated heterocycles. The maximum Gasteiger partial charge on any atom is 0.0541 e. The highest BCUT2D eigenvalue weighted by molar-refractivity contribution is 5.98. The molecule has 3 nitrogen and oxygen atoms in total. The van der Waals surface area contributed by atoms with Gasteiger partial charge in [-0.05, 0) is 54.3 Å². The number of anilines is 1. The summed E-state index contributed by atoms with van der Waals surface area (Å²) in [5.74, 6) is 0. The van der Waals surface area contributed by atoms with E-state index in [-0.39, 0.29) is 5.41 Å². The van der Waals surface area contributed by atoms with Crippen LogP contribution >= 0.6 is 0 Å². The Labute approximate surface area is 123 Å². The van der Waals surface area contributed by atoms with Crippen LogP contribution in [0.15, 0.2) is 48.9 Å². The third-order valence-electron chi connectivity index (χ3n) is 4.50. The average molecular weight is 275 g/mol. The van der Waals surface area contributed by atoms with Gasteiger partial charge in [-0.2, -0.15) is 0 Å². The van der Waals surface area contributed by atoms with Crippen LogP contribution in [0.2, 0.25) is 0 Å². The summed E-state index contributed by atoms with van der Waals surface area (Å²) in [5.41, 5.74) is 10.8. The Balaban J connectivity index is 2.00. The van der Waals surface area contributed by atoms with Gasteiger partial charge >= 0.3 is 0 Å². The summed E-state index contributed by atoms with van der Waals surface area (Å²) in [7, 11) is 0. The lowest BCUT2D eigenvalue weighted by molar-refractivity contribution is 0.761. The molecule has 1 saturated carbocycles. The Morgan fingerprint density at radius 2 is 1.71 bits per heavy atom. The van der Waals surface area contributed by atoms with Crippen LogP contribution in [-0.4, -0.2) is 9.97 Å². The van der Waals surface area contributed by atoms with E-state index in [0.29, 0.717) is 0 Å². The molecule has 1 aromatic carbocycles. The third-order valence-corrected chi connectivity index (χ3v) is 4.50. The smallest absolute Gasteiger partial charge is 0.0541 e. The van der Waals surface area contributed by atoms with Gasteiger partial charge in [0, 0.05) is 40.5 Å². The first-order chi connectivity index (χ1) is 10.2. The second-order valence-electron chi connectivity index (χ2n) is 6.12. The average Bonchev–Trinajstić information content (AvgIpc) is 3.26. The van der Waals surface area contributed by atoms with Crippen LogP contribution in [-0.2, 0) is 5.41 Å². The lowest BCUT2D eigenvalue weighted by atomic mass is 9.94. The molecule has 3 aromatic rings. The molecule has 1 fully saturated rings. The van der Waals surface area contributed by atoms with Gasteiger partial charge in [-0.3, -0.25) is 9.97 Å². The molecular formula is C18H17N3. The molecule has 4 rings (SSSR count). The Kier molecular flexibility index (Phi) is 2.52. The van der Waals surface area contributed by atoms with Gasteiger partial charge in [0.15, 0.2) is 0 Å². The topological polar surface area (TPSA) is 51.8 Å². The van der Waals surface area contributed by atoms with E-state index in [1.54, 1.807) is 0 Å². The lowest BCUT2D eigenvalue weighted by Crippen LogP contribution is -2.04. The van der Waals surface area contributed by atoms with E-state index in [0.717, 1.165) is 22.2 Å². The zero-order valence-corrected chi connectivity index (χ0v) is 12.0. The van der Waals surface area contributed by atoms with Crippen LogP contribution in [0, 0.1) is 0 Å². The van der Waals surface area contributed by atoms with Crippen LogP contribution in [0.25, 0.3) is 21.9 Å². The molecular weight excluding hydrogens is 258 g/mol. The number of hydrogen-bond donors (Lipinski definition) is 1. The molecule has 0 bridgehead atoms. The fourth-order valence-corrected chi connectivity index (χ4v) is 2.93. The zero-order valence-electron chi connectivity index (χ0n) is 12.0. The monoisotopic (exact) mass is 275 g/mol. The SMILES string of the molecule is CC1(c2nccc3c(N)cc(-c4ccncc4)cc23)CC1. The molecule has 0 radical (unpaired) electrons. The molecule has 1 aliphatic rings. The van der Waals surface area contributed by atoms with Crippen molar-refractivity contribution in [1.29, 1.82) is 0 Å². The maximum atomic E-state index is 6.28. The predicted molar refractivity (Wildman–Crippen MR) is 86.0 cm³/mol. The molecule has 104 valence electrons. The molecule has 3 heteroatoms. The molecule has 21 heavy (non-hydrogen) atoms. The highest BCUT2D eigenvalue weighted by atomic mass is 14.7. The maximum absolute atomic E-state index is 6.28. The minimum atomic E-state index is 0.225. The number of aromatic nitrogens is 2. The van der Waals surface area contributed by atoms with Crippen LogP contribution in [0.4, 0.5) is 5.69 Å². The highest BCUT2D eigenvalue weighted by Crippen LogP contribution is 2.49. The number of rotatable bonds is 2. The number of pyridine rings is 2. The quantitative estimate of drug-likeness (QED) is 0.721. The summed E-state index contributed by atoms with van der Waals surface area (Å²) in [6, 6.07) is 10.3. The van der Waals surface area contributed by atoms with E-state index in [4.69, 9.17) is 5.73 Å². The standard InChI is InChI=1S/C18H17N3/c1-18(5-6-18)17-15-10-13(12-2-7-20-8-3-12)11-16(19)14(15)4-9-21-17/h2-4,7-11H,5-6,19H2,1H3. The van der Waals surface area contributed by atoms with Crippen LogP contribution in [0.3, 0.4) is 0 Å². The summed E-state index contributed by atoms with van der Waals surface area (Å²) in [4.78, 5) is 8.73. The van der Waals surface area contributed by atoms with E-state index in [9.17, 15) is 0 Å². The molecule has 0 amide bonds. The number of benzene rings is 1. The summed E-state index contributed by atoms with van der Waals surface area (Å²) in [5, 5.41) is 2.29. The van der Waals surface area contributed by atoms with Gasteiger partial charge in [0.2, 0.25) is 0 Å². The van der Waals surface area contributed by atoms with Crippen LogP contribution in [0.1, 0.15) is 25.5 Å². The Morgan fingerprint density at radius 3 is 2.43 bits per heavy atom. The molecule has 1 aliphatic carbocycles. The van der Waals surface area contributed by atoms with Gasteiger partial charge in [-0.25, -0.2) is 0 Å². The van der Waals surface area contributed by atoms with E-state index < -0.39 is 0 Å². The summed E-state index contributed by atoms with van der Waals surface area (Å²) >= 11 is 0. The number of nitrogens with zero attached hydrogens (tertiary/aromatic N) is 2. The Morgan fingerprint density at radius 1 is 0.952 bits per heavy atom. The predicted octanol–water partition coefficient (Wildman–Crippen LogP) is 3.93. The molecule has 2 heterocycles. The number of nitrogens with two attached hydrogens (primary N) is 1. The highest BCUT2D eigenvalue weighted by Gasteiger charge is 2.41. The molecule has 2 N–H and O–H groups in total. The van der Waals surface area contributed by atoms with Crippen LogP contribution < -0.4 is 5.73 Å². The second kappa shape index (κ2) is 4.29. The van der Waals surface area contributed by atoms with Crippen molar-refractivity contribution in [3.63, 3.8) is 0 Å². The molecule has 0 spiro atoms. The van der Waals surface area contributed by atoms with E-state index in [1.807, 2.05) is 42.9 Å². The van der Waals surface area contributed by atoms with Gasteiger partial charge in [0.25, 0.3) is 0 Å². The summed E-state index contributed by atoms with van der Waals surface area (Å²) < 4.78 is 0. The van der Waals surface area contributed by atoms with Gasteiger partial charge in [0.05, 0.1) is 5.69 Å². The number of nitrogen functional groups attached to an aromatic ring is 1. The van der Waals surface area contributed by atoms with Gasteiger partial charge in [0.1, 0.15) is 0 Å². The van der Waals surface area contributed by atoms with Crippen molar-refractivity contribution in [2.75, 3.05) is 5.73 Å². The fourth-order valence-electron chi connectivity index (χ4n) is 2.93. The minimum absolute atomic E-state index is 0.225. The molecule has 0 aliphatic heterocycles. The Bertz CT molecular complexity index is 820. The summed E-state index contributed by atoms with van der Waals surface area (Å²) in [6.45, 7) is 2.28. The van der Waals surface area contributed by atoms with Gasteiger partial charge in [-0.1, -0.05) is 6.92 Å². The van der Waals surface area contributed by atoms with Crippen molar-refractivity contribution >= 4 is 16.5 Å².